The van der Waals surface area contributed by atoms with Crippen LogP contribution in [0.1, 0.15) is 11.4 Å². The Morgan fingerprint density at radius 1 is 1.50 bits per heavy atom. The molecule has 74 valence electrons. The molecule has 0 saturated heterocycles. The van der Waals surface area contributed by atoms with Crippen molar-refractivity contribution in [1.82, 2.24) is 19.7 Å². The van der Waals surface area contributed by atoms with Gasteiger partial charge in [0.25, 0.3) is 0 Å². The summed E-state index contributed by atoms with van der Waals surface area (Å²) in [6.45, 7) is 1.95. The zero-order chi connectivity index (χ0) is 10.1. The Labute approximate surface area is 81.4 Å². The van der Waals surface area contributed by atoms with Crippen molar-refractivity contribution in [3.8, 4) is 11.4 Å². The molecular weight excluding hydrogens is 180 g/mol. The Bertz CT molecular complexity index is 443. The van der Waals surface area contributed by atoms with Crippen molar-refractivity contribution in [2.75, 3.05) is 0 Å². The largest absolute Gasteiger partial charge is 0.390 e. The van der Waals surface area contributed by atoms with Crippen molar-refractivity contribution in [2.45, 2.75) is 13.5 Å². The second-order valence-electron chi connectivity index (χ2n) is 3.18. The average Bonchev–Trinajstić information content (AvgIpc) is 2.75. The van der Waals surface area contributed by atoms with Crippen LogP contribution in [-0.4, -0.2) is 24.9 Å². The van der Waals surface area contributed by atoms with Crippen molar-refractivity contribution in [3.05, 3.63) is 23.8 Å². The van der Waals surface area contributed by atoms with Crippen LogP contribution < -0.4 is 0 Å². The summed E-state index contributed by atoms with van der Waals surface area (Å²) in [4.78, 5) is 7.18. The van der Waals surface area contributed by atoms with Gasteiger partial charge < -0.3 is 10.1 Å². The van der Waals surface area contributed by atoms with Crippen molar-refractivity contribution >= 4 is 0 Å². The number of hydrogen-bond acceptors (Lipinski definition) is 3. The highest BCUT2D eigenvalue weighted by atomic mass is 16.3. The maximum Gasteiger partial charge on any atom is 0.141 e. The van der Waals surface area contributed by atoms with Crippen molar-refractivity contribution in [2.24, 2.45) is 7.05 Å². The van der Waals surface area contributed by atoms with Gasteiger partial charge in [0, 0.05) is 12.7 Å². The Balaban J connectivity index is 2.44. The van der Waals surface area contributed by atoms with Gasteiger partial charge >= 0.3 is 0 Å². The fourth-order valence-electron chi connectivity index (χ4n) is 1.31. The van der Waals surface area contributed by atoms with E-state index in [2.05, 4.69) is 15.1 Å². The number of hydrogen-bond donors (Lipinski definition) is 2. The molecule has 2 aromatic heterocycles. The van der Waals surface area contributed by atoms with Gasteiger partial charge in [0.15, 0.2) is 0 Å². The van der Waals surface area contributed by atoms with E-state index in [4.69, 9.17) is 5.11 Å². The van der Waals surface area contributed by atoms with Gasteiger partial charge in [-0.05, 0) is 6.92 Å². The quantitative estimate of drug-likeness (QED) is 0.732. The summed E-state index contributed by atoms with van der Waals surface area (Å²) in [7, 11) is 1.88. The summed E-state index contributed by atoms with van der Waals surface area (Å²) in [6, 6.07) is 0. The summed E-state index contributed by atoms with van der Waals surface area (Å²) in [6.07, 6.45) is 3.39. The predicted molar refractivity (Wildman–Crippen MR) is 51.4 cm³/mol. The van der Waals surface area contributed by atoms with Crippen LogP contribution in [0.3, 0.4) is 0 Å². The van der Waals surface area contributed by atoms with Crippen LogP contribution in [0.2, 0.25) is 0 Å². The molecule has 0 radical (unpaired) electrons. The van der Waals surface area contributed by atoms with Gasteiger partial charge in [0.05, 0.1) is 30.3 Å². The van der Waals surface area contributed by atoms with Gasteiger partial charge in [-0.2, -0.15) is 5.10 Å². The van der Waals surface area contributed by atoms with E-state index in [0.29, 0.717) is 5.69 Å². The topological polar surface area (TPSA) is 66.7 Å². The number of aryl methyl sites for hydroxylation is 1. The molecule has 2 rings (SSSR count). The molecule has 0 amide bonds. The number of aromatic amines is 1. The summed E-state index contributed by atoms with van der Waals surface area (Å²) >= 11 is 0. The fraction of sp³-hybridized carbons (Fsp3) is 0.333. The Morgan fingerprint density at radius 2 is 2.29 bits per heavy atom. The molecule has 0 fully saturated rings. The lowest BCUT2D eigenvalue weighted by Gasteiger charge is -1.95. The molecule has 2 aromatic rings. The summed E-state index contributed by atoms with van der Waals surface area (Å²) in [5.41, 5.74) is 2.72. The van der Waals surface area contributed by atoms with Crippen molar-refractivity contribution < 1.29 is 5.11 Å². The van der Waals surface area contributed by atoms with Gasteiger partial charge in [0.1, 0.15) is 5.82 Å². The predicted octanol–water partition coefficient (Wildman–Crippen LogP) is 0.611. The van der Waals surface area contributed by atoms with Crippen LogP contribution in [0.4, 0.5) is 0 Å². The Morgan fingerprint density at radius 3 is 2.79 bits per heavy atom. The molecule has 0 unspecified atom stereocenters. The maximum atomic E-state index is 8.88. The number of nitrogens with one attached hydrogen (secondary N) is 1. The van der Waals surface area contributed by atoms with Crippen LogP contribution in [-0.2, 0) is 13.7 Å². The van der Waals surface area contributed by atoms with Crippen LogP contribution >= 0.6 is 0 Å². The van der Waals surface area contributed by atoms with Crippen molar-refractivity contribution in [3.63, 3.8) is 0 Å². The summed E-state index contributed by atoms with van der Waals surface area (Å²) in [5, 5.41) is 13.0. The van der Waals surface area contributed by atoms with Crippen LogP contribution in [0.25, 0.3) is 11.4 Å². The Hall–Kier alpha value is -1.62. The molecular formula is C9H12N4O. The zero-order valence-corrected chi connectivity index (χ0v) is 8.15. The van der Waals surface area contributed by atoms with E-state index in [1.807, 2.05) is 14.0 Å². The molecule has 2 heterocycles. The second-order valence-corrected chi connectivity index (χ2v) is 3.18. The highest BCUT2D eigenvalue weighted by molar-refractivity contribution is 5.57. The zero-order valence-electron chi connectivity index (χ0n) is 8.15. The molecule has 0 atom stereocenters. The maximum absolute atomic E-state index is 8.88. The lowest BCUT2D eigenvalue weighted by molar-refractivity contribution is 0.277. The fourth-order valence-corrected chi connectivity index (χ4v) is 1.31. The SMILES string of the molecule is Cc1c(-c2ncc(CO)[nH]2)cnn1C. The van der Waals surface area contributed by atoms with Crippen LogP contribution in [0.5, 0.6) is 0 Å². The molecule has 0 bridgehead atoms. The van der Waals surface area contributed by atoms with Gasteiger partial charge in [-0.15, -0.1) is 0 Å². The molecule has 0 aliphatic heterocycles. The number of aliphatic hydroxyl groups is 1. The number of nitrogens with zero attached hydrogens (tertiary/aromatic N) is 3. The van der Waals surface area contributed by atoms with Gasteiger partial charge in [-0.25, -0.2) is 4.98 Å². The van der Waals surface area contributed by atoms with E-state index < -0.39 is 0 Å². The normalized spacial score (nSPS) is 10.8. The minimum absolute atomic E-state index is 0.0215. The van der Waals surface area contributed by atoms with E-state index >= 15 is 0 Å². The average molecular weight is 192 g/mol. The molecule has 5 heteroatoms. The number of imidazole rings is 1. The smallest absolute Gasteiger partial charge is 0.141 e. The standard InChI is InChI=1S/C9H12N4O/c1-6-8(4-11-13(6)2)9-10-3-7(5-14)12-9/h3-4,14H,5H2,1-2H3,(H,10,12). The van der Waals surface area contributed by atoms with Crippen LogP contribution in [0, 0.1) is 6.92 Å². The van der Waals surface area contributed by atoms with Crippen molar-refractivity contribution in [1.29, 1.82) is 0 Å². The molecule has 0 aliphatic carbocycles. The lowest BCUT2D eigenvalue weighted by atomic mass is 10.2. The minimum Gasteiger partial charge on any atom is -0.390 e. The van der Waals surface area contributed by atoms with Crippen LogP contribution in [0.15, 0.2) is 12.4 Å². The molecule has 5 nitrogen and oxygen atoms in total. The first-order valence-electron chi connectivity index (χ1n) is 4.36. The monoisotopic (exact) mass is 192 g/mol. The first-order valence-corrected chi connectivity index (χ1v) is 4.36. The molecule has 2 N–H and O–H groups in total. The van der Waals surface area contributed by atoms with E-state index in [9.17, 15) is 0 Å². The highest BCUT2D eigenvalue weighted by Crippen LogP contribution is 2.18. The van der Waals surface area contributed by atoms with Gasteiger partial charge in [-0.1, -0.05) is 0 Å². The van der Waals surface area contributed by atoms with E-state index in [-0.39, 0.29) is 6.61 Å². The second kappa shape index (κ2) is 3.26. The number of rotatable bonds is 2. The number of aromatic nitrogens is 4. The number of H-pyrrole nitrogens is 1. The Kier molecular flexibility index (Phi) is 2.09. The van der Waals surface area contributed by atoms with E-state index in [1.165, 1.54) is 0 Å². The van der Waals surface area contributed by atoms with Gasteiger partial charge in [0.2, 0.25) is 0 Å². The van der Waals surface area contributed by atoms with E-state index in [1.54, 1.807) is 17.1 Å². The van der Waals surface area contributed by atoms with Gasteiger partial charge in [-0.3, -0.25) is 4.68 Å². The summed E-state index contributed by atoms with van der Waals surface area (Å²) in [5.74, 6) is 0.750. The molecule has 0 spiro atoms. The highest BCUT2D eigenvalue weighted by Gasteiger charge is 2.09. The first kappa shape index (κ1) is 8.96. The third kappa shape index (κ3) is 1.31. The third-order valence-corrected chi connectivity index (χ3v) is 2.29. The lowest BCUT2D eigenvalue weighted by Crippen LogP contribution is -1.93. The third-order valence-electron chi connectivity index (χ3n) is 2.29. The molecule has 0 aliphatic rings. The number of aliphatic hydroxyl groups excluding tert-OH is 1. The molecule has 0 aromatic carbocycles. The first-order chi connectivity index (χ1) is 6.72. The molecule has 0 saturated carbocycles. The van der Waals surface area contributed by atoms with E-state index in [0.717, 1.165) is 17.1 Å². The minimum atomic E-state index is -0.0215. The molecule has 14 heavy (non-hydrogen) atoms. The summed E-state index contributed by atoms with van der Waals surface area (Å²) < 4.78 is 1.79.